The van der Waals surface area contributed by atoms with Crippen molar-refractivity contribution in [3.8, 4) is 0 Å². The maximum Gasteiger partial charge on any atom is 0.226 e. The summed E-state index contributed by atoms with van der Waals surface area (Å²) >= 11 is 0. The van der Waals surface area contributed by atoms with Gasteiger partial charge in [0.1, 0.15) is 0 Å². The average molecular weight is 279 g/mol. The van der Waals surface area contributed by atoms with E-state index in [9.17, 15) is 0 Å². The lowest BCUT2D eigenvalue weighted by molar-refractivity contribution is 0.102. The van der Waals surface area contributed by atoms with Crippen LogP contribution in [0.2, 0.25) is 0 Å². The Labute approximate surface area is 120 Å². The molecule has 1 aliphatic carbocycles. The second-order valence-electron chi connectivity index (χ2n) is 6.52. The van der Waals surface area contributed by atoms with Gasteiger partial charge in [0.15, 0.2) is 5.82 Å². The minimum Gasteiger partial charge on any atom is -0.378 e. The monoisotopic (exact) mass is 279 g/mol. The van der Waals surface area contributed by atoms with E-state index in [1.165, 1.54) is 6.42 Å². The number of nitrogens with zero attached hydrogens (tertiary/aromatic N) is 2. The average Bonchev–Trinajstić information content (AvgIpc) is 3.10. The number of hydrogen-bond donors (Lipinski definition) is 1. The van der Waals surface area contributed by atoms with Crippen LogP contribution in [0.5, 0.6) is 0 Å². The Kier molecular flexibility index (Phi) is 4.08. The van der Waals surface area contributed by atoms with Gasteiger partial charge < -0.3 is 15.0 Å². The van der Waals surface area contributed by atoms with Gasteiger partial charge in [-0.25, -0.2) is 0 Å². The fourth-order valence-electron chi connectivity index (χ4n) is 3.22. The van der Waals surface area contributed by atoms with Crippen molar-refractivity contribution in [1.29, 1.82) is 0 Å². The van der Waals surface area contributed by atoms with Gasteiger partial charge in [0.25, 0.3) is 0 Å². The zero-order chi connectivity index (χ0) is 14.0. The van der Waals surface area contributed by atoms with Crippen molar-refractivity contribution >= 4 is 0 Å². The van der Waals surface area contributed by atoms with E-state index in [0.29, 0.717) is 17.8 Å². The highest BCUT2D eigenvalue weighted by Gasteiger charge is 2.36. The number of aryl methyl sites for hydroxylation is 1. The molecule has 2 N–H and O–H groups in total. The topological polar surface area (TPSA) is 74.2 Å². The summed E-state index contributed by atoms with van der Waals surface area (Å²) in [6.45, 7) is 3.17. The summed E-state index contributed by atoms with van der Waals surface area (Å²) in [5, 5.41) is 4.13. The molecule has 1 saturated carbocycles. The van der Waals surface area contributed by atoms with Crippen LogP contribution < -0.4 is 5.73 Å². The van der Waals surface area contributed by atoms with Crippen LogP contribution in [0.1, 0.15) is 63.6 Å². The lowest BCUT2D eigenvalue weighted by Gasteiger charge is -2.33. The minimum atomic E-state index is -0.377. The van der Waals surface area contributed by atoms with Gasteiger partial charge in [0.2, 0.25) is 5.89 Å². The van der Waals surface area contributed by atoms with E-state index in [1.807, 2.05) is 0 Å². The third-order valence-corrected chi connectivity index (χ3v) is 4.78. The molecule has 1 aliphatic heterocycles. The van der Waals surface area contributed by atoms with Crippen LogP contribution in [0, 0.1) is 5.92 Å². The second kappa shape index (κ2) is 5.82. The van der Waals surface area contributed by atoms with Crippen molar-refractivity contribution in [3.05, 3.63) is 11.7 Å². The van der Waals surface area contributed by atoms with E-state index in [4.69, 9.17) is 15.0 Å². The van der Waals surface area contributed by atoms with E-state index < -0.39 is 0 Å². The van der Waals surface area contributed by atoms with Crippen LogP contribution >= 0.6 is 0 Å². The predicted octanol–water partition coefficient (Wildman–Crippen LogP) is 2.55. The molecule has 1 unspecified atom stereocenters. The van der Waals surface area contributed by atoms with E-state index >= 15 is 0 Å². The van der Waals surface area contributed by atoms with Crippen molar-refractivity contribution in [2.24, 2.45) is 11.7 Å². The summed E-state index contributed by atoms with van der Waals surface area (Å²) in [5.41, 5.74) is 6.09. The smallest absolute Gasteiger partial charge is 0.226 e. The van der Waals surface area contributed by atoms with E-state index in [0.717, 1.165) is 57.5 Å². The first-order valence-corrected chi connectivity index (χ1v) is 7.89. The summed E-state index contributed by atoms with van der Waals surface area (Å²) in [6.07, 6.45) is 8.67. The maximum atomic E-state index is 6.46. The maximum absolute atomic E-state index is 6.46. The summed E-state index contributed by atoms with van der Waals surface area (Å²) in [4.78, 5) is 4.53. The van der Waals surface area contributed by atoms with Gasteiger partial charge in [-0.2, -0.15) is 4.98 Å². The lowest BCUT2D eigenvalue weighted by atomic mass is 9.77. The molecular formula is C15H25N3O2. The molecule has 1 aromatic heterocycles. The van der Waals surface area contributed by atoms with Gasteiger partial charge >= 0.3 is 0 Å². The molecule has 2 heterocycles. The normalized spacial score (nSPS) is 34.5. The fourth-order valence-corrected chi connectivity index (χ4v) is 3.22. The Bertz CT molecular complexity index is 432. The van der Waals surface area contributed by atoms with Crippen LogP contribution in [0.15, 0.2) is 4.52 Å². The highest BCUT2D eigenvalue weighted by atomic mass is 16.5. The molecule has 2 fully saturated rings. The molecule has 1 atom stereocenters. The molecule has 1 saturated heterocycles. The predicted molar refractivity (Wildman–Crippen MR) is 75.1 cm³/mol. The van der Waals surface area contributed by atoms with Gasteiger partial charge in [0, 0.05) is 13.0 Å². The largest absolute Gasteiger partial charge is 0.378 e. The number of ether oxygens (including phenoxy) is 1. The number of aromatic nitrogens is 2. The van der Waals surface area contributed by atoms with Crippen LogP contribution in [-0.2, 0) is 16.7 Å². The second-order valence-corrected chi connectivity index (χ2v) is 6.52. The first-order valence-electron chi connectivity index (χ1n) is 7.89. The SMILES string of the molecule is CC1CCC(N)(c2noc(CCC3CCCO3)n2)CC1. The van der Waals surface area contributed by atoms with Gasteiger partial charge in [0.05, 0.1) is 11.6 Å². The van der Waals surface area contributed by atoms with Crippen LogP contribution in [0.25, 0.3) is 0 Å². The zero-order valence-electron chi connectivity index (χ0n) is 12.3. The Balaban J connectivity index is 1.58. The van der Waals surface area contributed by atoms with E-state index in [1.54, 1.807) is 0 Å². The van der Waals surface area contributed by atoms with Crippen molar-refractivity contribution in [3.63, 3.8) is 0 Å². The van der Waals surface area contributed by atoms with Crippen molar-refractivity contribution in [2.45, 2.75) is 69.9 Å². The molecule has 3 rings (SSSR count). The molecule has 0 radical (unpaired) electrons. The first kappa shape index (κ1) is 14.0. The molecule has 5 nitrogen and oxygen atoms in total. The van der Waals surface area contributed by atoms with Gasteiger partial charge in [-0.3, -0.25) is 0 Å². The standard InChI is InChI=1S/C15H25N3O2/c1-11-6-8-15(16,9-7-11)14-17-13(20-18-14)5-4-12-3-2-10-19-12/h11-12H,2-10,16H2,1H3. The fraction of sp³-hybridized carbons (Fsp3) is 0.867. The summed E-state index contributed by atoms with van der Waals surface area (Å²) in [7, 11) is 0. The first-order chi connectivity index (χ1) is 9.66. The van der Waals surface area contributed by atoms with Crippen LogP contribution in [0.4, 0.5) is 0 Å². The Morgan fingerprint density at radius 1 is 1.30 bits per heavy atom. The summed E-state index contributed by atoms with van der Waals surface area (Å²) < 4.78 is 11.0. The Morgan fingerprint density at radius 2 is 2.10 bits per heavy atom. The van der Waals surface area contributed by atoms with Gasteiger partial charge in [-0.05, 0) is 50.9 Å². The van der Waals surface area contributed by atoms with Crippen LogP contribution in [-0.4, -0.2) is 22.9 Å². The summed E-state index contributed by atoms with van der Waals surface area (Å²) in [6, 6.07) is 0. The molecule has 0 aromatic carbocycles. The third-order valence-electron chi connectivity index (χ3n) is 4.78. The molecule has 2 aliphatic rings. The van der Waals surface area contributed by atoms with Gasteiger partial charge in [-0.15, -0.1) is 0 Å². The van der Waals surface area contributed by atoms with Crippen LogP contribution in [0.3, 0.4) is 0 Å². The zero-order valence-corrected chi connectivity index (χ0v) is 12.3. The number of nitrogens with two attached hydrogens (primary N) is 1. The van der Waals surface area contributed by atoms with Crippen molar-refractivity contribution in [1.82, 2.24) is 10.1 Å². The molecule has 1 aromatic rings. The lowest BCUT2D eigenvalue weighted by Crippen LogP contribution is -2.41. The van der Waals surface area contributed by atoms with E-state index in [-0.39, 0.29) is 5.54 Å². The Morgan fingerprint density at radius 3 is 2.80 bits per heavy atom. The molecule has 0 bridgehead atoms. The molecular weight excluding hydrogens is 254 g/mol. The van der Waals surface area contributed by atoms with Gasteiger partial charge in [-0.1, -0.05) is 12.1 Å². The molecule has 5 heteroatoms. The van der Waals surface area contributed by atoms with Crippen molar-refractivity contribution in [2.75, 3.05) is 6.61 Å². The third kappa shape index (κ3) is 3.04. The molecule has 0 spiro atoms. The minimum absolute atomic E-state index is 0.368. The quantitative estimate of drug-likeness (QED) is 0.916. The summed E-state index contributed by atoms with van der Waals surface area (Å²) in [5.74, 6) is 2.17. The van der Waals surface area contributed by atoms with Crippen molar-refractivity contribution < 1.29 is 9.26 Å². The molecule has 0 amide bonds. The Hall–Kier alpha value is -0.940. The number of rotatable bonds is 4. The molecule has 20 heavy (non-hydrogen) atoms. The molecule has 112 valence electrons. The number of hydrogen-bond acceptors (Lipinski definition) is 5. The van der Waals surface area contributed by atoms with E-state index in [2.05, 4.69) is 17.1 Å². The highest BCUT2D eigenvalue weighted by Crippen LogP contribution is 2.36. The highest BCUT2D eigenvalue weighted by molar-refractivity contribution is 5.06.